The Kier molecular flexibility index (Phi) is 6.42. The molecule has 9 heteroatoms. The van der Waals surface area contributed by atoms with Crippen LogP contribution in [0.2, 0.25) is 0 Å². The maximum atomic E-state index is 13.0. The van der Waals surface area contributed by atoms with E-state index in [4.69, 9.17) is 4.74 Å². The number of thiazole rings is 1. The molecule has 2 N–H and O–H groups in total. The monoisotopic (exact) mass is 484 g/mol. The molecule has 0 atom stereocenters. The molecule has 4 rings (SSSR count). The first kappa shape index (κ1) is 24.2. The predicted octanol–water partition coefficient (Wildman–Crippen LogP) is 3.61. The maximum Gasteiger partial charge on any atom is 0.289 e. The van der Waals surface area contributed by atoms with Crippen molar-refractivity contribution in [3.8, 4) is 5.75 Å². The van der Waals surface area contributed by atoms with E-state index in [1.165, 1.54) is 18.4 Å². The van der Waals surface area contributed by atoms with Crippen molar-refractivity contribution in [1.29, 1.82) is 0 Å². The topological polar surface area (TPSA) is 101 Å². The summed E-state index contributed by atoms with van der Waals surface area (Å²) in [6.45, 7) is 10.1. The van der Waals surface area contributed by atoms with Crippen LogP contribution in [-0.4, -0.2) is 47.8 Å². The zero-order chi connectivity index (χ0) is 24.7. The largest absolute Gasteiger partial charge is 0.496 e. The lowest BCUT2D eigenvalue weighted by molar-refractivity contribution is -0.134. The number of amides is 3. The van der Waals surface area contributed by atoms with E-state index in [0.29, 0.717) is 24.4 Å². The van der Waals surface area contributed by atoms with E-state index in [1.54, 1.807) is 29.6 Å². The molecular formula is C25H32N4O4S. The van der Waals surface area contributed by atoms with Gasteiger partial charge in [-0.3, -0.25) is 25.2 Å². The van der Waals surface area contributed by atoms with E-state index in [9.17, 15) is 14.4 Å². The van der Waals surface area contributed by atoms with Crippen LogP contribution in [0.1, 0.15) is 72.3 Å². The standard InChI is InChI=1S/C25H32N4O4S/c1-24(2)19(25(24,3)4)23(32)29-12-10-15(11-13-29)22-26-17(14-34-22)21(31)28-27-20(30)16-8-6-7-9-18(16)33-5/h6-9,14-15,19H,10-13H2,1-5H3,(H,27,30)(H,28,31). The van der Waals surface area contributed by atoms with Crippen molar-refractivity contribution in [3.05, 3.63) is 45.9 Å². The molecule has 2 heterocycles. The molecule has 1 saturated carbocycles. The smallest absolute Gasteiger partial charge is 0.289 e. The highest BCUT2D eigenvalue weighted by molar-refractivity contribution is 7.09. The molecule has 0 radical (unpaired) electrons. The quantitative estimate of drug-likeness (QED) is 0.632. The Balaban J connectivity index is 1.29. The lowest BCUT2D eigenvalue weighted by Gasteiger charge is -2.31. The highest BCUT2D eigenvalue weighted by Crippen LogP contribution is 2.68. The van der Waals surface area contributed by atoms with Gasteiger partial charge in [0.1, 0.15) is 11.4 Å². The zero-order valence-electron chi connectivity index (χ0n) is 20.3. The highest BCUT2D eigenvalue weighted by Gasteiger charge is 2.68. The van der Waals surface area contributed by atoms with E-state index in [2.05, 4.69) is 43.5 Å². The number of piperidine rings is 1. The maximum absolute atomic E-state index is 13.0. The SMILES string of the molecule is COc1ccccc1C(=O)NNC(=O)c1csc(C2CCN(C(=O)C3C(C)(C)C3(C)C)CC2)n1. The van der Waals surface area contributed by atoms with Crippen LogP contribution in [-0.2, 0) is 4.79 Å². The average molecular weight is 485 g/mol. The molecule has 2 aromatic rings. The van der Waals surface area contributed by atoms with Crippen molar-refractivity contribution in [1.82, 2.24) is 20.7 Å². The van der Waals surface area contributed by atoms with Gasteiger partial charge in [-0.2, -0.15) is 0 Å². The molecule has 1 aromatic carbocycles. The van der Waals surface area contributed by atoms with Crippen molar-refractivity contribution in [3.63, 3.8) is 0 Å². The number of methoxy groups -OCH3 is 1. The van der Waals surface area contributed by atoms with Crippen molar-refractivity contribution in [2.45, 2.75) is 46.5 Å². The van der Waals surface area contributed by atoms with Gasteiger partial charge in [-0.25, -0.2) is 4.98 Å². The van der Waals surface area contributed by atoms with Crippen LogP contribution in [0, 0.1) is 16.7 Å². The van der Waals surface area contributed by atoms with Gasteiger partial charge >= 0.3 is 0 Å². The van der Waals surface area contributed by atoms with Gasteiger partial charge in [-0.05, 0) is 35.8 Å². The number of benzene rings is 1. The number of carbonyl (C=O) groups is 3. The average Bonchev–Trinajstić information content (AvgIpc) is 3.16. The number of carbonyl (C=O) groups excluding carboxylic acids is 3. The number of nitrogens with one attached hydrogen (secondary N) is 2. The van der Waals surface area contributed by atoms with Crippen LogP contribution in [0.5, 0.6) is 5.75 Å². The van der Waals surface area contributed by atoms with Gasteiger partial charge in [-0.15, -0.1) is 11.3 Å². The minimum absolute atomic E-state index is 0.0412. The van der Waals surface area contributed by atoms with E-state index in [1.807, 2.05) is 4.90 Å². The van der Waals surface area contributed by atoms with Crippen LogP contribution in [0.3, 0.4) is 0 Å². The number of nitrogens with zero attached hydrogens (tertiary/aromatic N) is 2. The van der Waals surface area contributed by atoms with Gasteiger partial charge in [0.05, 0.1) is 17.7 Å². The fourth-order valence-corrected chi connectivity index (χ4v) is 5.97. The van der Waals surface area contributed by atoms with Crippen molar-refractivity contribution in [2.75, 3.05) is 20.2 Å². The Labute approximate surface area is 204 Å². The summed E-state index contributed by atoms with van der Waals surface area (Å²) in [4.78, 5) is 44.4. The number of hydrogen-bond acceptors (Lipinski definition) is 6. The van der Waals surface area contributed by atoms with Gasteiger partial charge in [0.25, 0.3) is 11.8 Å². The molecule has 2 fully saturated rings. The first-order valence-electron chi connectivity index (χ1n) is 11.6. The number of rotatable bonds is 5. The number of hydrogen-bond donors (Lipinski definition) is 2. The van der Waals surface area contributed by atoms with Crippen LogP contribution >= 0.6 is 11.3 Å². The van der Waals surface area contributed by atoms with Gasteiger partial charge in [0.2, 0.25) is 5.91 Å². The number of hydrazine groups is 1. The van der Waals surface area contributed by atoms with Gasteiger partial charge in [0.15, 0.2) is 0 Å². The molecule has 1 saturated heterocycles. The van der Waals surface area contributed by atoms with E-state index >= 15 is 0 Å². The minimum Gasteiger partial charge on any atom is -0.496 e. The summed E-state index contributed by atoms with van der Waals surface area (Å²) in [5.74, 6) is 0.0379. The van der Waals surface area contributed by atoms with Crippen LogP contribution in [0.15, 0.2) is 29.6 Å². The molecule has 8 nitrogen and oxygen atoms in total. The van der Waals surface area contributed by atoms with Gasteiger partial charge in [0, 0.05) is 30.3 Å². The summed E-state index contributed by atoms with van der Waals surface area (Å²) in [7, 11) is 1.48. The van der Waals surface area contributed by atoms with E-state index in [-0.39, 0.29) is 34.3 Å². The molecule has 182 valence electrons. The summed E-state index contributed by atoms with van der Waals surface area (Å²) in [6, 6.07) is 6.77. The second-order valence-electron chi connectivity index (χ2n) is 10.2. The Morgan fingerprint density at radius 3 is 2.26 bits per heavy atom. The summed E-state index contributed by atoms with van der Waals surface area (Å²) in [5.41, 5.74) is 5.50. The Morgan fingerprint density at radius 1 is 1.03 bits per heavy atom. The summed E-state index contributed by atoms with van der Waals surface area (Å²) in [6.07, 6.45) is 1.66. The van der Waals surface area contributed by atoms with Gasteiger partial charge in [-0.1, -0.05) is 39.8 Å². The third-order valence-electron chi connectivity index (χ3n) is 7.82. The first-order valence-corrected chi connectivity index (χ1v) is 12.4. The lowest BCUT2D eigenvalue weighted by Crippen LogP contribution is -2.42. The number of likely N-dealkylation sites (tertiary alicyclic amines) is 1. The van der Waals surface area contributed by atoms with Crippen LogP contribution < -0.4 is 15.6 Å². The minimum atomic E-state index is -0.475. The molecule has 3 amide bonds. The normalized spacial score (nSPS) is 19.4. The summed E-state index contributed by atoms with van der Waals surface area (Å²) >= 11 is 1.44. The second-order valence-corrected chi connectivity index (χ2v) is 11.0. The molecule has 0 unspecified atom stereocenters. The van der Waals surface area contributed by atoms with Crippen molar-refractivity contribution < 1.29 is 19.1 Å². The van der Waals surface area contributed by atoms with Gasteiger partial charge < -0.3 is 9.64 Å². The lowest BCUT2D eigenvalue weighted by atomic mass is 9.96. The van der Waals surface area contributed by atoms with Crippen molar-refractivity contribution in [2.24, 2.45) is 16.7 Å². The fourth-order valence-electron chi connectivity index (χ4n) is 5.00. The Hall–Kier alpha value is -2.94. The number of ether oxygens (including phenoxy) is 1. The first-order chi connectivity index (χ1) is 16.1. The molecule has 1 aliphatic carbocycles. The number of para-hydroxylation sites is 1. The van der Waals surface area contributed by atoms with E-state index < -0.39 is 11.8 Å². The Morgan fingerprint density at radius 2 is 1.65 bits per heavy atom. The molecule has 1 aliphatic heterocycles. The zero-order valence-corrected chi connectivity index (χ0v) is 21.1. The second kappa shape index (κ2) is 9.02. The van der Waals surface area contributed by atoms with Crippen LogP contribution in [0.25, 0.3) is 0 Å². The fraction of sp³-hybridized carbons (Fsp3) is 0.520. The third kappa shape index (κ3) is 4.29. The van der Waals surface area contributed by atoms with Crippen molar-refractivity contribution >= 4 is 29.1 Å². The third-order valence-corrected chi connectivity index (χ3v) is 8.83. The molecule has 0 spiro atoms. The predicted molar refractivity (Wildman–Crippen MR) is 130 cm³/mol. The molecule has 1 aromatic heterocycles. The molecule has 2 aliphatic rings. The summed E-state index contributed by atoms with van der Waals surface area (Å²) in [5, 5.41) is 2.59. The van der Waals surface area contributed by atoms with E-state index in [0.717, 1.165) is 17.8 Å². The summed E-state index contributed by atoms with van der Waals surface area (Å²) < 4.78 is 5.18. The van der Waals surface area contributed by atoms with Crippen LogP contribution in [0.4, 0.5) is 0 Å². The molecular weight excluding hydrogens is 452 g/mol. The highest BCUT2D eigenvalue weighted by atomic mass is 32.1. The number of aromatic nitrogens is 1. The Bertz CT molecular complexity index is 1090. The molecule has 34 heavy (non-hydrogen) atoms. The molecule has 0 bridgehead atoms.